The molecule has 9 rings (SSSR count). The van der Waals surface area contributed by atoms with Gasteiger partial charge in [-0.3, -0.25) is 19.2 Å². The number of nitrogens with one attached hydrogen (secondary N) is 1. The summed E-state index contributed by atoms with van der Waals surface area (Å²) in [5, 5.41) is 58.2. The van der Waals surface area contributed by atoms with Crippen molar-refractivity contribution >= 4 is 89.7 Å². The van der Waals surface area contributed by atoms with Gasteiger partial charge in [0.25, 0.3) is 0 Å². The van der Waals surface area contributed by atoms with Gasteiger partial charge >= 0.3 is 5.97 Å². The van der Waals surface area contributed by atoms with Crippen LogP contribution in [0.15, 0.2) is 64.4 Å². The first-order chi connectivity index (χ1) is 45.0. The number of ether oxygens (including phenoxy) is 13. The Kier molecular flexibility index (Phi) is 25.5. The van der Waals surface area contributed by atoms with Gasteiger partial charge in [0.2, 0.25) is 23.1 Å². The Morgan fingerprint density at radius 1 is 0.883 bits per heavy atom. The van der Waals surface area contributed by atoms with Gasteiger partial charge in [0.1, 0.15) is 30.5 Å². The zero-order valence-electron chi connectivity index (χ0n) is 53.8. The summed E-state index contributed by atoms with van der Waals surface area (Å²) in [7, 11) is 9.52. The molecule has 19 atom stereocenters. The number of aromatic amines is 1. The first-order valence-electron chi connectivity index (χ1n) is 30.6. The SMILES string of the molecule is CCN(C(C)=O)C1COC(OC2C(OC3C#C/C=C\C#CC4(O)CC(=O)C(CC(=O)OC)=C3/C4=C\CSSc3nc4ccccc4[nH]3)OC(C)C(COC3CC(O)C(SC(=O)c4c(C)c(I)c(OC5OC(C)C(O)C(OC)C5O)c(OC)c4OC)C(C)O3)C2O)CC1OC. The number of carbonyl (C=O) groups excluding carboxylic acids is 4. The number of Topliss-reactive ketones (excluding diaryl/α,β-unsaturated/α-hetero) is 1. The lowest BCUT2D eigenvalue weighted by molar-refractivity contribution is -0.338. The summed E-state index contributed by atoms with van der Waals surface area (Å²) in [4.78, 5) is 64.6. The zero-order chi connectivity index (χ0) is 67.9. The van der Waals surface area contributed by atoms with E-state index in [0.717, 1.165) is 22.8 Å². The molecule has 29 heteroatoms. The summed E-state index contributed by atoms with van der Waals surface area (Å²) in [6.45, 7) is 10.1. The van der Waals surface area contributed by atoms with Gasteiger partial charge in [0.15, 0.2) is 46.9 Å². The number of likely N-dealkylation sites (N-methyl/N-ethyl adjacent to an activating group) is 1. The van der Waals surface area contributed by atoms with Crippen molar-refractivity contribution in [2.45, 2.75) is 182 Å². The smallest absolute Gasteiger partial charge is 0.310 e. The number of hydrogen-bond donors (Lipinski definition) is 6. The quantitative estimate of drug-likeness (QED) is 0.0236. The normalized spacial score (nSPS) is 33.4. The molecule has 0 spiro atoms. The van der Waals surface area contributed by atoms with Crippen molar-refractivity contribution in [2.75, 3.05) is 61.1 Å². The molecule has 1 amide bonds. The average molecular weight is 1480 g/mol. The molecule has 4 fully saturated rings. The standard InChI is InChI=1S/C65H80IN3O22S3/c1-12-69(35(6)70)41-30-85-48(27-45(41)79-7)90-58-53(75)37(29-84-47-26-42(71)60(34(5)86-47)93-61(77)49-31(2)51(66)56(59(83-11)55(49)81-9)91-62-54(76)57(82-10)52(74)33(4)88-62)32(3)87-63(58)89-44-21-15-13-14-18-23-65(78)28-43(72)36(25-46(73)80-8)50(44)38(65)22-24-92-94-64-67-39-19-16-17-20-40(39)68-64/h13-14,16-17,19-20,22,32-34,37,41-42,44-45,47-48,52-54,57-58,60,62-63,71,74-76,78H,12,24-30H2,1-11H3,(H,67,68)/b14-13-,38-22+. The summed E-state index contributed by atoms with van der Waals surface area (Å²) in [5.41, 5.74) is 0.249. The Balaban J connectivity index is 0.961. The van der Waals surface area contributed by atoms with E-state index in [9.17, 15) is 44.7 Å². The molecule has 512 valence electrons. The van der Waals surface area contributed by atoms with Crippen molar-refractivity contribution in [2.24, 2.45) is 5.92 Å². The fourth-order valence-electron chi connectivity index (χ4n) is 12.4. The highest BCUT2D eigenvalue weighted by Gasteiger charge is 2.52. The number of para-hydroxylation sites is 2. The number of nitrogens with zero attached hydrogens (tertiary/aromatic N) is 2. The van der Waals surface area contributed by atoms with Crippen molar-refractivity contribution in [3.05, 3.63) is 73.9 Å². The number of H-pyrrole nitrogens is 1. The molecule has 6 N–H and O–H groups in total. The molecule has 5 heterocycles. The fourth-order valence-corrected chi connectivity index (χ4v) is 15.9. The number of thioether (sulfide) groups is 1. The van der Waals surface area contributed by atoms with Crippen LogP contribution in [0, 0.1) is 40.1 Å². The summed E-state index contributed by atoms with van der Waals surface area (Å²) >= 11 is 2.83. The van der Waals surface area contributed by atoms with E-state index in [4.69, 9.17) is 61.6 Å². The minimum Gasteiger partial charge on any atom is -0.492 e. The maximum absolute atomic E-state index is 14.5. The molecule has 19 unspecified atom stereocenters. The number of carbonyl (C=O) groups is 4. The number of benzene rings is 2. The van der Waals surface area contributed by atoms with Crippen molar-refractivity contribution in [1.82, 2.24) is 14.9 Å². The first-order valence-corrected chi connectivity index (χ1v) is 34.8. The van der Waals surface area contributed by atoms with E-state index < -0.39 is 145 Å². The first kappa shape index (κ1) is 73.4. The lowest BCUT2D eigenvalue weighted by atomic mass is 9.72. The second-order valence-electron chi connectivity index (χ2n) is 23.2. The molecule has 0 saturated carbocycles. The summed E-state index contributed by atoms with van der Waals surface area (Å²) in [6.07, 6.45) is -13.6. The maximum atomic E-state index is 14.5. The van der Waals surface area contributed by atoms with E-state index in [1.54, 1.807) is 38.7 Å². The van der Waals surface area contributed by atoms with Gasteiger partial charge < -0.3 is 97.0 Å². The van der Waals surface area contributed by atoms with Crippen LogP contribution in [0.25, 0.3) is 11.0 Å². The van der Waals surface area contributed by atoms with Crippen LogP contribution in [-0.2, 0) is 61.8 Å². The highest BCUT2D eigenvalue weighted by atomic mass is 127. The number of aliphatic hydroxyl groups is 5. The van der Waals surface area contributed by atoms with Crippen LogP contribution < -0.4 is 14.2 Å². The Morgan fingerprint density at radius 2 is 1.62 bits per heavy atom. The lowest BCUT2D eigenvalue weighted by Gasteiger charge is -2.47. The second-order valence-corrected chi connectivity index (χ2v) is 27.7. The number of methoxy groups -OCH3 is 5. The average Bonchev–Trinajstić information content (AvgIpc) is 0.856. The van der Waals surface area contributed by atoms with Crippen molar-refractivity contribution in [3.63, 3.8) is 0 Å². The molecule has 94 heavy (non-hydrogen) atoms. The van der Waals surface area contributed by atoms with Crippen molar-refractivity contribution in [1.29, 1.82) is 0 Å². The van der Waals surface area contributed by atoms with E-state index in [2.05, 4.69) is 33.6 Å². The fraction of sp³-hybridized carbons (Fsp3) is 0.585. The number of aromatic nitrogens is 2. The van der Waals surface area contributed by atoms with E-state index in [1.807, 2.05) is 53.8 Å². The third-order valence-electron chi connectivity index (χ3n) is 17.4. The van der Waals surface area contributed by atoms with E-state index >= 15 is 0 Å². The molecule has 2 bridgehead atoms. The van der Waals surface area contributed by atoms with E-state index in [1.165, 1.54) is 76.2 Å². The number of imidazole rings is 1. The van der Waals surface area contributed by atoms with E-state index in [0.29, 0.717) is 20.8 Å². The van der Waals surface area contributed by atoms with Crippen LogP contribution in [-0.4, -0.2) is 233 Å². The van der Waals surface area contributed by atoms with Gasteiger partial charge in [0, 0.05) is 68.9 Å². The highest BCUT2D eigenvalue weighted by Crippen LogP contribution is 2.49. The van der Waals surface area contributed by atoms with Crippen LogP contribution in [0.3, 0.4) is 0 Å². The maximum Gasteiger partial charge on any atom is 0.310 e. The molecule has 6 aliphatic rings. The minimum atomic E-state index is -2.10. The monoisotopic (exact) mass is 1480 g/mol. The molecule has 4 aliphatic heterocycles. The van der Waals surface area contributed by atoms with Gasteiger partial charge in [-0.1, -0.05) is 64.4 Å². The van der Waals surface area contributed by atoms with Crippen molar-refractivity contribution in [3.8, 4) is 40.9 Å². The molecule has 2 aliphatic carbocycles. The Bertz CT molecular complexity index is 3430. The third-order valence-corrected chi connectivity index (χ3v) is 22.1. The van der Waals surface area contributed by atoms with Crippen LogP contribution >= 0.6 is 55.9 Å². The number of fused-ring (bicyclic) bond motifs is 3. The van der Waals surface area contributed by atoms with Crippen LogP contribution in [0.4, 0.5) is 0 Å². The number of amides is 1. The number of halogens is 1. The van der Waals surface area contributed by atoms with Gasteiger partial charge in [-0.2, -0.15) is 0 Å². The molecule has 4 saturated heterocycles. The van der Waals surface area contributed by atoms with E-state index in [-0.39, 0.29) is 77.2 Å². The van der Waals surface area contributed by atoms with Crippen LogP contribution in [0.1, 0.15) is 76.2 Å². The molecule has 2 aromatic carbocycles. The van der Waals surface area contributed by atoms with Crippen LogP contribution in [0.2, 0.25) is 0 Å². The van der Waals surface area contributed by atoms with Gasteiger partial charge in [-0.05, 0) is 97.9 Å². The Hall–Kier alpha value is -4.85. The third kappa shape index (κ3) is 16.1. The predicted octanol–water partition coefficient (Wildman–Crippen LogP) is 5.11. The Morgan fingerprint density at radius 3 is 2.30 bits per heavy atom. The van der Waals surface area contributed by atoms with Crippen LogP contribution in [0.5, 0.6) is 17.2 Å². The lowest BCUT2D eigenvalue weighted by Crippen LogP contribution is -2.60. The topological polar surface area (TPSA) is 321 Å². The second kappa shape index (κ2) is 32.7. The number of hydrogen-bond acceptors (Lipinski definition) is 26. The number of aliphatic hydroxyl groups excluding tert-OH is 4. The number of rotatable bonds is 23. The van der Waals surface area contributed by atoms with Gasteiger partial charge in [-0.15, -0.1) is 0 Å². The zero-order valence-corrected chi connectivity index (χ0v) is 58.4. The van der Waals surface area contributed by atoms with Gasteiger partial charge in [0.05, 0.1) is 115 Å². The molecule has 0 radical (unpaired) electrons. The minimum absolute atomic E-state index is 0.00175. The largest absolute Gasteiger partial charge is 0.492 e. The Labute approximate surface area is 570 Å². The number of allylic oxidation sites excluding steroid dienone is 2. The highest BCUT2D eigenvalue weighted by molar-refractivity contribution is 14.1. The summed E-state index contributed by atoms with van der Waals surface area (Å²) in [6, 6.07) is 7.11. The molecule has 25 nitrogen and oxygen atoms in total. The van der Waals surface area contributed by atoms with Gasteiger partial charge in [-0.25, -0.2) is 4.98 Å². The molecule has 1 aromatic heterocycles. The number of ketones is 1. The van der Waals surface area contributed by atoms with Crippen molar-refractivity contribution < 1.29 is 106 Å². The molecular formula is C65H80IN3O22S3. The number of esters is 1. The molecule has 3 aromatic rings. The summed E-state index contributed by atoms with van der Waals surface area (Å²) in [5.74, 6) is 9.63. The summed E-state index contributed by atoms with van der Waals surface area (Å²) < 4.78 is 79.9. The molecular weight excluding hydrogens is 1400 g/mol. The predicted molar refractivity (Wildman–Crippen MR) is 352 cm³/mol.